The minimum atomic E-state index is 0.174. The van der Waals surface area contributed by atoms with Crippen LogP contribution in [0.15, 0.2) is 4.99 Å². The fraction of sp³-hybridized carbons (Fsp3) is 0.889. The van der Waals surface area contributed by atoms with Crippen LogP contribution < -0.4 is 10.6 Å². The Morgan fingerprint density at radius 3 is 2.46 bits per heavy atom. The molecule has 2 aliphatic heterocycles. The Bertz CT molecular complexity index is 500. The molecule has 3 aliphatic rings. The summed E-state index contributed by atoms with van der Waals surface area (Å²) < 4.78 is 0. The second-order valence-corrected chi connectivity index (χ2v) is 7.93. The number of guanidine groups is 1. The van der Waals surface area contributed by atoms with Crippen LogP contribution in [-0.4, -0.2) is 124 Å². The van der Waals surface area contributed by atoms with Gasteiger partial charge in [0.05, 0.1) is 6.54 Å². The molecule has 1 atom stereocenters. The first-order chi connectivity index (χ1) is 12.5. The summed E-state index contributed by atoms with van der Waals surface area (Å²) in [6.45, 7) is 8.42. The Kier molecular flexibility index (Phi) is 6.72. The molecule has 26 heavy (non-hydrogen) atoms. The van der Waals surface area contributed by atoms with Crippen LogP contribution in [0, 0.1) is 0 Å². The molecule has 1 saturated carbocycles. The third kappa shape index (κ3) is 5.56. The average Bonchev–Trinajstić information content (AvgIpc) is 3.43. The Labute approximate surface area is 157 Å². The van der Waals surface area contributed by atoms with Crippen molar-refractivity contribution in [1.82, 2.24) is 30.2 Å². The summed E-state index contributed by atoms with van der Waals surface area (Å²) in [5.41, 5.74) is 0. The van der Waals surface area contributed by atoms with Crippen molar-refractivity contribution < 1.29 is 4.79 Å². The summed E-state index contributed by atoms with van der Waals surface area (Å²) in [6, 6.07) is 0.960. The lowest BCUT2D eigenvalue weighted by atomic mass is 10.2. The molecule has 8 nitrogen and oxygen atoms in total. The van der Waals surface area contributed by atoms with Crippen molar-refractivity contribution >= 4 is 11.9 Å². The van der Waals surface area contributed by atoms with Gasteiger partial charge < -0.3 is 20.4 Å². The van der Waals surface area contributed by atoms with Gasteiger partial charge in [0.25, 0.3) is 0 Å². The first-order valence-electron chi connectivity index (χ1n) is 9.91. The molecule has 0 radical (unpaired) electrons. The molecule has 0 aromatic rings. The normalized spacial score (nSPS) is 26.8. The number of piperazine rings is 2. The quantitative estimate of drug-likeness (QED) is 0.467. The van der Waals surface area contributed by atoms with Crippen molar-refractivity contribution in [1.29, 1.82) is 0 Å². The summed E-state index contributed by atoms with van der Waals surface area (Å²) in [7, 11) is 6.25. The van der Waals surface area contributed by atoms with E-state index in [2.05, 4.69) is 49.3 Å². The minimum Gasteiger partial charge on any atom is -0.355 e. The Balaban J connectivity index is 1.39. The second kappa shape index (κ2) is 9.01. The molecule has 2 N–H and O–H groups in total. The standard InChI is InChI=1S/C18H35N7O/c1-19-18(20-12-16-13-22(2)6-7-23(16)3)25-10-8-24(9-11-25)14-17(26)21-15-4-5-15/h15-16H,4-14H2,1-3H3,(H,19,20)(H,21,26). The third-order valence-electron chi connectivity index (χ3n) is 5.67. The van der Waals surface area contributed by atoms with Crippen molar-refractivity contribution in [2.75, 3.05) is 80.0 Å². The zero-order valence-corrected chi connectivity index (χ0v) is 16.6. The van der Waals surface area contributed by atoms with Gasteiger partial charge in [0, 0.05) is 71.5 Å². The van der Waals surface area contributed by atoms with Gasteiger partial charge >= 0.3 is 0 Å². The Morgan fingerprint density at radius 1 is 1.08 bits per heavy atom. The maximum atomic E-state index is 12.0. The fourth-order valence-corrected chi connectivity index (χ4v) is 3.69. The van der Waals surface area contributed by atoms with Crippen LogP contribution in [-0.2, 0) is 4.79 Å². The van der Waals surface area contributed by atoms with Crippen molar-refractivity contribution in [2.24, 2.45) is 4.99 Å². The van der Waals surface area contributed by atoms with Gasteiger partial charge in [-0.3, -0.25) is 19.6 Å². The van der Waals surface area contributed by atoms with E-state index in [1.54, 1.807) is 0 Å². The van der Waals surface area contributed by atoms with Gasteiger partial charge in [-0.05, 0) is 26.9 Å². The number of carbonyl (C=O) groups is 1. The molecule has 3 rings (SSSR count). The number of amides is 1. The topological polar surface area (TPSA) is 66.5 Å². The first kappa shape index (κ1) is 19.4. The molecule has 8 heteroatoms. The summed E-state index contributed by atoms with van der Waals surface area (Å²) in [5, 5.41) is 6.63. The van der Waals surface area contributed by atoms with E-state index < -0.39 is 0 Å². The summed E-state index contributed by atoms with van der Waals surface area (Å²) in [5.74, 6) is 1.15. The fourth-order valence-electron chi connectivity index (χ4n) is 3.69. The zero-order valence-electron chi connectivity index (χ0n) is 16.6. The van der Waals surface area contributed by atoms with Gasteiger partial charge in [-0.15, -0.1) is 0 Å². The van der Waals surface area contributed by atoms with E-state index in [1.165, 1.54) is 0 Å². The van der Waals surface area contributed by atoms with E-state index in [0.29, 0.717) is 18.6 Å². The predicted octanol–water partition coefficient (Wildman–Crippen LogP) is -1.30. The van der Waals surface area contributed by atoms with E-state index in [1.807, 2.05) is 7.05 Å². The molecule has 0 aromatic carbocycles. The van der Waals surface area contributed by atoms with E-state index >= 15 is 0 Å². The molecule has 3 fully saturated rings. The zero-order chi connectivity index (χ0) is 18.5. The molecular weight excluding hydrogens is 330 g/mol. The van der Waals surface area contributed by atoms with Crippen molar-refractivity contribution in [3.63, 3.8) is 0 Å². The molecule has 0 spiro atoms. The van der Waals surface area contributed by atoms with Crippen LogP contribution in [0.3, 0.4) is 0 Å². The van der Waals surface area contributed by atoms with Crippen LogP contribution >= 0.6 is 0 Å². The number of hydrogen-bond donors (Lipinski definition) is 2. The molecule has 0 bridgehead atoms. The molecule has 148 valence electrons. The Hall–Kier alpha value is -1.38. The van der Waals surface area contributed by atoms with Crippen molar-refractivity contribution in [3.05, 3.63) is 0 Å². The largest absolute Gasteiger partial charge is 0.355 e. The summed E-state index contributed by atoms with van der Waals surface area (Å²) >= 11 is 0. The molecule has 1 amide bonds. The predicted molar refractivity (Wildman–Crippen MR) is 104 cm³/mol. The van der Waals surface area contributed by atoms with Crippen LogP contribution in [0.5, 0.6) is 0 Å². The number of carbonyl (C=O) groups excluding carboxylic acids is 1. The maximum absolute atomic E-state index is 12.0. The van der Waals surface area contributed by atoms with Gasteiger partial charge in [0.15, 0.2) is 5.96 Å². The summed E-state index contributed by atoms with van der Waals surface area (Å²) in [6.07, 6.45) is 2.29. The number of likely N-dealkylation sites (N-methyl/N-ethyl adjacent to an activating group) is 2. The second-order valence-electron chi connectivity index (χ2n) is 7.93. The van der Waals surface area contributed by atoms with Gasteiger partial charge in [-0.1, -0.05) is 0 Å². The van der Waals surface area contributed by atoms with Gasteiger partial charge in [0.1, 0.15) is 0 Å². The first-order valence-corrected chi connectivity index (χ1v) is 9.91. The highest BCUT2D eigenvalue weighted by atomic mass is 16.2. The minimum absolute atomic E-state index is 0.174. The number of rotatable bonds is 5. The van der Waals surface area contributed by atoms with Gasteiger partial charge in [-0.2, -0.15) is 0 Å². The third-order valence-corrected chi connectivity index (χ3v) is 5.67. The number of nitrogens with zero attached hydrogens (tertiary/aromatic N) is 5. The summed E-state index contributed by atoms with van der Waals surface area (Å²) in [4.78, 5) is 25.8. The maximum Gasteiger partial charge on any atom is 0.234 e. The number of nitrogens with one attached hydrogen (secondary N) is 2. The lowest BCUT2D eigenvalue weighted by Crippen LogP contribution is -2.58. The van der Waals surface area contributed by atoms with Crippen molar-refractivity contribution in [3.8, 4) is 0 Å². The average molecular weight is 366 g/mol. The highest BCUT2D eigenvalue weighted by Gasteiger charge is 2.27. The van der Waals surface area contributed by atoms with Crippen molar-refractivity contribution in [2.45, 2.75) is 24.9 Å². The van der Waals surface area contributed by atoms with Gasteiger partial charge in [0.2, 0.25) is 5.91 Å². The van der Waals surface area contributed by atoms with Gasteiger partial charge in [-0.25, -0.2) is 0 Å². The number of aliphatic imine (C=N–C) groups is 1. The molecule has 1 unspecified atom stereocenters. The number of hydrogen-bond acceptors (Lipinski definition) is 5. The highest BCUT2D eigenvalue weighted by molar-refractivity contribution is 5.80. The smallest absolute Gasteiger partial charge is 0.234 e. The van der Waals surface area contributed by atoms with E-state index in [9.17, 15) is 4.79 Å². The van der Waals surface area contributed by atoms with Crippen LogP contribution in [0.1, 0.15) is 12.8 Å². The highest BCUT2D eigenvalue weighted by Crippen LogP contribution is 2.18. The molecule has 2 saturated heterocycles. The van der Waals surface area contributed by atoms with E-state index in [0.717, 1.165) is 71.2 Å². The lowest BCUT2D eigenvalue weighted by molar-refractivity contribution is -0.122. The van der Waals surface area contributed by atoms with E-state index in [-0.39, 0.29) is 5.91 Å². The Morgan fingerprint density at radius 2 is 1.81 bits per heavy atom. The lowest BCUT2D eigenvalue weighted by Gasteiger charge is -2.39. The molecule has 0 aromatic heterocycles. The van der Waals surface area contributed by atoms with Crippen LogP contribution in [0.4, 0.5) is 0 Å². The molecule has 1 aliphatic carbocycles. The molecule has 2 heterocycles. The van der Waals surface area contributed by atoms with E-state index in [4.69, 9.17) is 0 Å². The SMILES string of the molecule is CN=C(NCC1CN(C)CCN1C)N1CCN(CC(=O)NC2CC2)CC1. The van der Waals surface area contributed by atoms with Crippen LogP contribution in [0.2, 0.25) is 0 Å². The van der Waals surface area contributed by atoms with Crippen LogP contribution in [0.25, 0.3) is 0 Å². The molecular formula is C18H35N7O. The monoisotopic (exact) mass is 365 g/mol.